The van der Waals surface area contributed by atoms with E-state index in [0.717, 1.165) is 120 Å². The fourth-order valence-electron chi connectivity index (χ4n) is 16.5. The van der Waals surface area contributed by atoms with Crippen LogP contribution in [0.25, 0.3) is 91.8 Å². The van der Waals surface area contributed by atoms with Crippen LogP contribution in [0.2, 0.25) is 15.1 Å². The van der Waals surface area contributed by atoms with Crippen LogP contribution >= 0.6 is 34.8 Å². The molecule has 0 aliphatic carbocycles. The molecule has 0 radical (unpaired) electrons. The van der Waals surface area contributed by atoms with Crippen LogP contribution in [0.4, 0.5) is 30.7 Å². The number of halogens is 10. The van der Waals surface area contributed by atoms with Crippen molar-refractivity contribution in [1.29, 1.82) is 0 Å². The predicted octanol–water partition coefficient (Wildman–Crippen LogP) is 17.3. The summed E-state index contributed by atoms with van der Waals surface area (Å²) in [7, 11) is 0. The highest BCUT2D eigenvalue weighted by molar-refractivity contribution is 6.31. The number of alkyl halides is 3. The van der Waals surface area contributed by atoms with Gasteiger partial charge < -0.3 is 22.8 Å². The maximum atomic E-state index is 13.8. The van der Waals surface area contributed by atoms with Gasteiger partial charge in [0.1, 0.15) is 54.3 Å². The van der Waals surface area contributed by atoms with E-state index in [1.54, 1.807) is 94.8 Å². The van der Waals surface area contributed by atoms with E-state index >= 15 is 0 Å². The largest absolute Gasteiger partial charge is 0.573 e. The molecule has 16 heterocycles. The molecule has 12 aromatic heterocycles. The zero-order valence-corrected chi connectivity index (χ0v) is 72.7. The van der Waals surface area contributed by atoms with Crippen LogP contribution < -0.4 is 4.74 Å². The standard InChI is InChI=1S/C24H19ClFN7O.C23H15F4N7O2.2C22H15ClFN7O/c1-2-4-22-28-24(34-30-22)23-21-12-19-17(10-14-5-3-6-16(26)9-14)29-31-33(19)20-11-15(25)7-8-18(20)32(21)13-27-23;1-12-29-22(36-31-12)21-20-10-18-16(8-13-2-4-14(24)5-3-13)30-32-34(18)19-9-15(35-23(25,26)27)6-7-17(19)33(20)11-28-21;1-12-26-22(32-28-12)21-20-10-18-16(8-13-2-5-15(24)6-3-13)27-29-31(18)19-9-14(23)4-7-17(19)30(20)11-25-21;1-12-26-22(32-28-12)21-20-10-18-16(8-13-3-2-4-15(24)7-13)27-29-31(18)19-9-14(23)5-6-17(19)30(20)11-25-21/h3,5-9,11,13H,2,4,10,12H2,1H3;2-7,9,11H,8,10H2,1H3;2*2-7,9,11H,8,10H2,1H3. The van der Waals surface area contributed by atoms with Gasteiger partial charge in [0.05, 0.1) is 114 Å². The van der Waals surface area contributed by atoms with Gasteiger partial charge in [0.15, 0.2) is 46.1 Å². The molecule has 20 aromatic rings. The molecule has 0 fully saturated rings. The molecule has 24 rings (SSSR count). The average molecular weight is 1870 g/mol. The first kappa shape index (κ1) is 84.7. The van der Waals surface area contributed by atoms with E-state index < -0.39 is 12.1 Å². The lowest BCUT2D eigenvalue weighted by molar-refractivity contribution is -0.274. The number of nitrogens with zero attached hydrogens (tertiary/aromatic N) is 28. The fraction of sp³-hybridized carbons (Fsp3) is 0.165. The van der Waals surface area contributed by atoms with E-state index in [2.05, 4.69) is 113 Å². The summed E-state index contributed by atoms with van der Waals surface area (Å²) in [5, 5.41) is 52.6. The Kier molecular flexibility index (Phi) is 21.9. The first-order chi connectivity index (χ1) is 65.0. The Bertz CT molecular complexity index is 7890. The summed E-state index contributed by atoms with van der Waals surface area (Å²) >= 11 is 19.0. The summed E-state index contributed by atoms with van der Waals surface area (Å²) in [5.41, 5.74) is 20.6. The molecule has 4 aliphatic heterocycles. The maximum absolute atomic E-state index is 13.8. The monoisotopic (exact) mass is 1870 g/mol. The number of aromatic nitrogens is 28. The number of ether oxygens (including phenoxy) is 1. The predicted molar refractivity (Wildman–Crippen MR) is 465 cm³/mol. The highest BCUT2D eigenvalue weighted by Crippen LogP contribution is 2.42. The van der Waals surface area contributed by atoms with Crippen LogP contribution in [0.3, 0.4) is 0 Å². The number of fused-ring (bicyclic) bond motifs is 20. The maximum Gasteiger partial charge on any atom is 0.573 e. The second-order valence-corrected chi connectivity index (χ2v) is 32.8. The van der Waals surface area contributed by atoms with Crippen molar-refractivity contribution < 1.29 is 53.6 Å². The number of hydrogen-bond acceptors (Lipinski definition) is 25. The van der Waals surface area contributed by atoms with E-state index in [1.807, 2.05) is 80.4 Å². The summed E-state index contributed by atoms with van der Waals surface area (Å²) in [6.45, 7) is 7.27. The zero-order chi connectivity index (χ0) is 91.9. The molecule has 0 saturated heterocycles. The van der Waals surface area contributed by atoms with Crippen LogP contribution in [0.1, 0.15) is 127 Å². The minimum Gasteiger partial charge on any atom is -0.406 e. The SMILES string of the molecule is CCCc1noc(-c2ncn3c2Cc2c(Cc4cccc(F)c4)nnn2-c2cc(Cl)ccc2-3)n1.Cc1noc(-c2ncn3c2Cc2c(Cc4ccc(F)cc4)nnn2-c2cc(Cl)ccc2-3)n1.Cc1noc(-c2ncn3c2Cc2c(Cc4ccc(F)cc4)nnn2-c2cc(OC(F)(F)F)ccc2-3)n1.Cc1noc(-c2ncn3c2Cc2c(Cc4cccc(F)c4)nnn2-c2cc(Cl)ccc2-3)n1. The Hall–Kier alpha value is -16.1. The molecular weight excluding hydrogens is 1800 g/mol. The zero-order valence-electron chi connectivity index (χ0n) is 70.4. The second kappa shape index (κ2) is 34.6. The molecule has 134 heavy (non-hydrogen) atoms. The van der Waals surface area contributed by atoms with Gasteiger partial charge in [-0.15, -0.1) is 33.6 Å². The third-order valence-corrected chi connectivity index (χ3v) is 23.3. The first-order valence-electron chi connectivity index (χ1n) is 41.5. The highest BCUT2D eigenvalue weighted by Gasteiger charge is 2.37. The quantitative estimate of drug-likeness (QED) is 0.0860. The van der Waals surface area contributed by atoms with E-state index in [0.29, 0.717) is 152 Å². The molecule has 0 amide bonds. The summed E-state index contributed by atoms with van der Waals surface area (Å²) in [5.74, 6) is 1.81. The smallest absolute Gasteiger partial charge is 0.406 e. The van der Waals surface area contributed by atoms with E-state index in [9.17, 15) is 30.7 Å². The van der Waals surface area contributed by atoms with Crippen LogP contribution in [-0.4, -0.2) is 145 Å². The number of hydrogen-bond donors (Lipinski definition) is 0. The van der Waals surface area contributed by atoms with Crippen LogP contribution in [0.5, 0.6) is 5.75 Å². The molecule has 0 saturated carbocycles. The van der Waals surface area contributed by atoms with E-state index in [4.69, 9.17) is 52.9 Å². The van der Waals surface area contributed by atoms with Crippen LogP contribution in [-0.2, 0) is 57.8 Å². The van der Waals surface area contributed by atoms with Gasteiger partial charge in [0.2, 0.25) is 0 Å². The molecule has 8 aromatic carbocycles. The number of benzene rings is 8. The summed E-state index contributed by atoms with van der Waals surface area (Å²) in [6.07, 6.45) is 6.89. The Balaban J connectivity index is 0.000000107. The minimum atomic E-state index is -4.86. The lowest BCUT2D eigenvalue weighted by atomic mass is 10.1. The number of aryl methyl sites for hydroxylation is 4. The lowest BCUT2D eigenvalue weighted by Crippen LogP contribution is -2.17. The summed E-state index contributed by atoms with van der Waals surface area (Å²) in [6, 6.07) is 46.0. The Morgan fingerprint density at radius 3 is 0.985 bits per heavy atom. The van der Waals surface area contributed by atoms with Gasteiger partial charge in [-0.25, -0.2) is 56.2 Å². The molecule has 33 nitrogen and oxygen atoms in total. The van der Waals surface area contributed by atoms with Crippen molar-refractivity contribution in [3.8, 4) is 97.6 Å². The molecule has 0 N–H and O–H groups in total. The third kappa shape index (κ3) is 16.6. The van der Waals surface area contributed by atoms with E-state index in [1.165, 1.54) is 77.7 Å². The lowest BCUT2D eigenvalue weighted by Gasteiger charge is -2.13. The molecular formula is C91H64Cl3F7N28O5. The van der Waals surface area contributed by atoms with E-state index in [-0.39, 0.29) is 35.6 Å². The van der Waals surface area contributed by atoms with Gasteiger partial charge in [-0.3, -0.25) is 18.3 Å². The van der Waals surface area contributed by atoms with Crippen molar-refractivity contribution in [3.63, 3.8) is 0 Å². The molecule has 4 aliphatic rings. The Morgan fingerprint density at radius 2 is 0.664 bits per heavy atom. The van der Waals surface area contributed by atoms with Gasteiger partial charge in [-0.05, 0) is 165 Å². The molecule has 668 valence electrons. The molecule has 0 bridgehead atoms. The Morgan fingerprint density at radius 1 is 0.343 bits per heavy atom. The van der Waals surface area contributed by atoms with Gasteiger partial charge >= 0.3 is 6.36 Å². The number of imidazole rings is 4. The van der Waals surface area contributed by atoms with Crippen LogP contribution in [0, 0.1) is 44.0 Å². The molecule has 43 heteroatoms. The average Bonchev–Trinajstić information content (AvgIpc) is 1.60. The summed E-state index contributed by atoms with van der Waals surface area (Å²) < 4.78 is 133. The highest BCUT2D eigenvalue weighted by atomic mass is 35.5. The van der Waals surface area contributed by atoms with Gasteiger partial charge in [0, 0.05) is 78.9 Å². The number of rotatable bonds is 15. The van der Waals surface area contributed by atoms with Crippen molar-refractivity contribution in [2.45, 2.75) is 98.3 Å². The normalized spacial score (nSPS) is 12.3. The van der Waals surface area contributed by atoms with Crippen LogP contribution in [0.15, 0.2) is 213 Å². The van der Waals surface area contributed by atoms with Crippen molar-refractivity contribution in [1.82, 2.24) is 139 Å². The van der Waals surface area contributed by atoms with Crippen molar-refractivity contribution >= 4 is 34.8 Å². The fourth-order valence-corrected chi connectivity index (χ4v) is 17.0. The molecule has 0 spiro atoms. The summed E-state index contributed by atoms with van der Waals surface area (Å²) in [4.78, 5) is 35.7. The first-order valence-corrected chi connectivity index (χ1v) is 42.6. The van der Waals surface area contributed by atoms with Gasteiger partial charge in [-0.2, -0.15) is 19.9 Å². The topological polar surface area (TPSA) is 359 Å². The third-order valence-electron chi connectivity index (χ3n) is 22.5. The second-order valence-electron chi connectivity index (χ2n) is 31.4. The minimum absolute atomic E-state index is 0.209. The van der Waals surface area contributed by atoms with Crippen molar-refractivity contribution in [2.24, 2.45) is 0 Å². The van der Waals surface area contributed by atoms with Crippen molar-refractivity contribution in [2.75, 3.05) is 0 Å². The van der Waals surface area contributed by atoms with Crippen molar-refractivity contribution in [3.05, 3.63) is 347 Å². The van der Waals surface area contributed by atoms with Gasteiger partial charge in [-0.1, -0.05) is 132 Å². The molecule has 0 atom stereocenters. The molecule has 0 unspecified atom stereocenters. The van der Waals surface area contributed by atoms with Gasteiger partial charge in [0.25, 0.3) is 23.6 Å². The Labute approximate surface area is 766 Å².